The van der Waals surface area contributed by atoms with Gasteiger partial charge >= 0.3 is 0 Å². The maximum Gasteiger partial charge on any atom is 0.0462 e. The highest BCUT2D eigenvalue weighted by molar-refractivity contribution is 7.26. The van der Waals surface area contributed by atoms with Crippen LogP contribution in [-0.4, -0.2) is 0 Å². The first-order valence-corrected chi connectivity index (χ1v) is 22.0. The lowest BCUT2D eigenvalue weighted by molar-refractivity contribution is 1.28. The molecule has 0 radical (unpaired) electrons. The summed E-state index contributed by atoms with van der Waals surface area (Å²) in [5, 5.41) is 10.3. The second kappa shape index (κ2) is 15.0. The van der Waals surface area contributed by atoms with E-state index in [4.69, 9.17) is 0 Å². The fourth-order valence-corrected chi connectivity index (χ4v) is 10.6. The SMILES string of the molecule is c1cc(-c2ccc(N(c3ccc(-c4ccc5c(ccc6ccccc65)c4)cc3)c3ccc(-c4cccc5c4sc4ccccc45)cc3)cc2)cc(-c2cccc3ccccc23)c1. The van der Waals surface area contributed by atoms with E-state index in [-0.39, 0.29) is 0 Å². The Kier molecular flexibility index (Phi) is 8.76. The number of fused-ring (bicyclic) bond motifs is 7. The molecular weight excluding hydrogens is 767 g/mol. The van der Waals surface area contributed by atoms with Crippen molar-refractivity contribution in [2.75, 3.05) is 4.90 Å². The zero-order valence-corrected chi connectivity index (χ0v) is 34.7. The Labute approximate surface area is 365 Å². The third-order valence-electron chi connectivity index (χ3n) is 12.5. The van der Waals surface area contributed by atoms with Gasteiger partial charge in [-0.25, -0.2) is 0 Å². The molecule has 0 unspecified atom stereocenters. The van der Waals surface area contributed by atoms with Crippen LogP contribution in [0, 0.1) is 0 Å². The summed E-state index contributed by atoms with van der Waals surface area (Å²) in [6.07, 6.45) is 0. The van der Waals surface area contributed by atoms with Gasteiger partial charge in [0.1, 0.15) is 0 Å². The maximum atomic E-state index is 2.37. The van der Waals surface area contributed by atoms with Crippen molar-refractivity contribution < 1.29 is 0 Å². The summed E-state index contributed by atoms with van der Waals surface area (Å²) < 4.78 is 2.65. The Balaban J connectivity index is 0.917. The number of rotatable bonds is 7. The van der Waals surface area contributed by atoms with E-state index in [1.165, 1.54) is 97.0 Å². The van der Waals surface area contributed by atoms with Gasteiger partial charge in [0.05, 0.1) is 0 Å². The Bertz CT molecular complexity index is 3610. The third kappa shape index (κ3) is 6.32. The van der Waals surface area contributed by atoms with Crippen molar-refractivity contribution in [3.63, 3.8) is 0 Å². The molecule has 0 saturated heterocycles. The minimum Gasteiger partial charge on any atom is -0.311 e. The van der Waals surface area contributed by atoms with Gasteiger partial charge in [0.25, 0.3) is 0 Å². The molecule has 1 nitrogen and oxygen atoms in total. The van der Waals surface area contributed by atoms with Gasteiger partial charge in [0.2, 0.25) is 0 Å². The number of hydrogen-bond donors (Lipinski definition) is 0. The first-order valence-electron chi connectivity index (χ1n) is 21.2. The fourth-order valence-electron chi connectivity index (χ4n) is 9.35. The zero-order chi connectivity index (χ0) is 41.0. The second-order valence-corrected chi connectivity index (χ2v) is 17.1. The van der Waals surface area contributed by atoms with Crippen LogP contribution in [0.15, 0.2) is 237 Å². The first-order chi connectivity index (χ1) is 30.7. The molecule has 1 aromatic heterocycles. The van der Waals surface area contributed by atoms with Crippen LogP contribution < -0.4 is 4.90 Å². The number of anilines is 3. The molecule has 0 amide bonds. The number of benzene rings is 11. The molecule has 12 aromatic rings. The predicted octanol–water partition coefficient (Wildman–Crippen LogP) is 17.7. The molecule has 290 valence electrons. The van der Waals surface area contributed by atoms with Gasteiger partial charge in [-0.1, -0.05) is 182 Å². The zero-order valence-electron chi connectivity index (χ0n) is 33.9. The molecule has 62 heavy (non-hydrogen) atoms. The van der Waals surface area contributed by atoms with Crippen LogP contribution in [0.3, 0.4) is 0 Å². The van der Waals surface area contributed by atoms with E-state index < -0.39 is 0 Å². The lowest BCUT2D eigenvalue weighted by atomic mass is 9.95. The Morgan fingerprint density at radius 2 is 0.742 bits per heavy atom. The molecule has 1 heterocycles. The van der Waals surface area contributed by atoms with Gasteiger partial charge in [0, 0.05) is 37.2 Å². The molecule has 0 atom stereocenters. The van der Waals surface area contributed by atoms with Gasteiger partial charge in [-0.3, -0.25) is 0 Å². The minimum absolute atomic E-state index is 1.10. The Hall–Kier alpha value is -7.78. The Morgan fingerprint density at radius 3 is 1.48 bits per heavy atom. The summed E-state index contributed by atoms with van der Waals surface area (Å²) in [7, 11) is 0. The number of hydrogen-bond acceptors (Lipinski definition) is 2. The largest absolute Gasteiger partial charge is 0.311 e. The summed E-state index contributed by atoms with van der Waals surface area (Å²) in [6, 6.07) is 86.6. The van der Waals surface area contributed by atoms with E-state index in [1.54, 1.807) is 0 Å². The molecule has 0 aliphatic rings. The standard InChI is InChI=1S/C60H39NS/c1-3-15-52-42(10-1)12-8-18-54(52)47-14-7-13-45(38-47)40-24-31-49(32-25-40)61(51-35-28-44(29-36-51)56-19-9-20-58-57-17-5-6-21-59(57)62-60(56)58)50-33-26-41(27-34-50)46-30-37-55-48(39-46)23-22-43-11-2-4-16-53(43)55/h1-39H. The van der Waals surface area contributed by atoms with Crippen molar-refractivity contribution >= 4 is 80.9 Å². The first kappa shape index (κ1) is 36.1. The molecule has 0 spiro atoms. The highest BCUT2D eigenvalue weighted by Crippen LogP contribution is 2.42. The van der Waals surface area contributed by atoms with Crippen molar-refractivity contribution in [3.8, 4) is 44.5 Å². The molecular formula is C60H39NS. The Morgan fingerprint density at radius 1 is 0.258 bits per heavy atom. The molecule has 0 bridgehead atoms. The average Bonchev–Trinajstić information content (AvgIpc) is 3.74. The fraction of sp³-hybridized carbons (Fsp3) is 0. The van der Waals surface area contributed by atoms with E-state index in [0.717, 1.165) is 17.1 Å². The van der Waals surface area contributed by atoms with Gasteiger partial charge in [-0.15, -0.1) is 11.3 Å². The molecule has 0 N–H and O–H groups in total. The molecule has 0 aliphatic carbocycles. The molecule has 11 aromatic carbocycles. The van der Waals surface area contributed by atoms with Crippen molar-refractivity contribution in [3.05, 3.63) is 237 Å². The highest BCUT2D eigenvalue weighted by atomic mass is 32.1. The van der Waals surface area contributed by atoms with E-state index in [0.29, 0.717) is 0 Å². The minimum atomic E-state index is 1.10. The normalized spacial score (nSPS) is 11.5. The monoisotopic (exact) mass is 805 g/mol. The highest BCUT2D eigenvalue weighted by Gasteiger charge is 2.16. The lowest BCUT2D eigenvalue weighted by Crippen LogP contribution is -2.09. The van der Waals surface area contributed by atoms with Crippen LogP contribution in [-0.2, 0) is 0 Å². The molecule has 0 aliphatic heterocycles. The van der Waals surface area contributed by atoms with Gasteiger partial charge in [-0.2, -0.15) is 0 Å². The lowest BCUT2D eigenvalue weighted by Gasteiger charge is -2.26. The van der Waals surface area contributed by atoms with Gasteiger partial charge < -0.3 is 4.90 Å². The topological polar surface area (TPSA) is 3.24 Å². The predicted molar refractivity (Wildman–Crippen MR) is 268 cm³/mol. The molecule has 0 fully saturated rings. The van der Waals surface area contributed by atoms with Crippen LogP contribution in [0.4, 0.5) is 17.1 Å². The summed E-state index contributed by atoms with van der Waals surface area (Å²) in [5.41, 5.74) is 13.0. The van der Waals surface area contributed by atoms with Gasteiger partial charge in [-0.05, 0) is 131 Å². The van der Waals surface area contributed by atoms with Crippen LogP contribution >= 0.6 is 11.3 Å². The smallest absolute Gasteiger partial charge is 0.0462 e. The van der Waals surface area contributed by atoms with Gasteiger partial charge in [0.15, 0.2) is 0 Å². The third-order valence-corrected chi connectivity index (χ3v) is 13.7. The number of thiophene rings is 1. The summed E-state index contributed by atoms with van der Waals surface area (Å²) in [5.74, 6) is 0. The van der Waals surface area contributed by atoms with Crippen LogP contribution in [0.2, 0.25) is 0 Å². The molecule has 2 heteroatoms. The van der Waals surface area contributed by atoms with Crippen LogP contribution in [0.5, 0.6) is 0 Å². The summed E-state index contributed by atoms with van der Waals surface area (Å²) in [4.78, 5) is 2.37. The number of nitrogens with zero attached hydrogens (tertiary/aromatic N) is 1. The quantitative estimate of drug-likeness (QED) is 0.145. The van der Waals surface area contributed by atoms with Crippen molar-refractivity contribution in [2.45, 2.75) is 0 Å². The van der Waals surface area contributed by atoms with Crippen molar-refractivity contribution in [1.82, 2.24) is 0 Å². The summed E-state index contributed by atoms with van der Waals surface area (Å²) >= 11 is 1.88. The van der Waals surface area contributed by atoms with Crippen LogP contribution in [0.1, 0.15) is 0 Å². The molecule has 12 rings (SSSR count). The average molecular weight is 806 g/mol. The summed E-state index contributed by atoms with van der Waals surface area (Å²) in [6.45, 7) is 0. The van der Waals surface area contributed by atoms with E-state index >= 15 is 0 Å². The van der Waals surface area contributed by atoms with Crippen LogP contribution in [0.25, 0.3) is 97.0 Å². The van der Waals surface area contributed by atoms with E-state index in [9.17, 15) is 0 Å². The van der Waals surface area contributed by atoms with E-state index in [1.807, 2.05) is 11.3 Å². The van der Waals surface area contributed by atoms with Crippen molar-refractivity contribution in [1.29, 1.82) is 0 Å². The second-order valence-electron chi connectivity index (χ2n) is 16.1. The van der Waals surface area contributed by atoms with Crippen molar-refractivity contribution in [2.24, 2.45) is 0 Å². The maximum absolute atomic E-state index is 2.37. The van der Waals surface area contributed by atoms with E-state index in [2.05, 4.69) is 241 Å². The molecule has 0 saturated carbocycles.